The minimum Gasteiger partial charge on any atom is -0.349 e. The Morgan fingerprint density at radius 1 is 1.31 bits per heavy atom. The third-order valence-corrected chi connectivity index (χ3v) is 3.80. The van der Waals surface area contributed by atoms with Crippen LogP contribution in [0.1, 0.15) is 33.1 Å². The normalized spacial score (nSPS) is 35.2. The van der Waals surface area contributed by atoms with Crippen molar-refractivity contribution in [2.75, 3.05) is 13.2 Å². The molecular weight excluding hydrogens is 204 g/mol. The summed E-state index contributed by atoms with van der Waals surface area (Å²) in [5.41, 5.74) is 1.36. The molecule has 3 aliphatic rings. The highest BCUT2D eigenvalue weighted by Gasteiger charge is 2.50. The number of ketones is 1. The molecule has 1 heterocycles. The molecule has 16 heavy (non-hydrogen) atoms. The molecule has 0 aromatic rings. The van der Waals surface area contributed by atoms with E-state index in [1.807, 2.05) is 0 Å². The summed E-state index contributed by atoms with van der Waals surface area (Å²) in [5, 5.41) is 0. The zero-order valence-electron chi connectivity index (χ0n) is 9.91. The van der Waals surface area contributed by atoms with Crippen molar-refractivity contribution in [3.8, 4) is 0 Å². The van der Waals surface area contributed by atoms with E-state index in [9.17, 15) is 4.79 Å². The van der Waals surface area contributed by atoms with Crippen LogP contribution >= 0.6 is 0 Å². The fourth-order valence-electron chi connectivity index (χ4n) is 2.87. The quantitative estimate of drug-likeness (QED) is 0.629. The van der Waals surface area contributed by atoms with Gasteiger partial charge in [-0.15, -0.1) is 0 Å². The van der Waals surface area contributed by atoms with Crippen molar-refractivity contribution in [3.63, 3.8) is 0 Å². The van der Waals surface area contributed by atoms with E-state index in [1.165, 1.54) is 5.57 Å². The second kappa shape index (κ2) is 3.17. The van der Waals surface area contributed by atoms with Gasteiger partial charge in [-0.1, -0.05) is 19.4 Å². The van der Waals surface area contributed by atoms with E-state index in [-0.39, 0.29) is 11.2 Å². The predicted molar refractivity (Wildman–Crippen MR) is 58.8 cm³/mol. The molecule has 0 aromatic carbocycles. The van der Waals surface area contributed by atoms with Gasteiger partial charge in [-0.05, 0) is 12.0 Å². The third-order valence-electron chi connectivity index (χ3n) is 3.80. The van der Waals surface area contributed by atoms with Crippen molar-refractivity contribution in [3.05, 3.63) is 11.6 Å². The molecule has 1 saturated heterocycles. The molecule has 0 bridgehead atoms. The molecule has 0 aromatic heterocycles. The maximum Gasteiger partial charge on any atom is 0.172 e. The summed E-state index contributed by atoms with van der Waals surface area (Å²) < 4.78 is 11.9. The summed E-state index contributed by atoms with van der Waals surface area (Å²) in [4.78, 5) is 11.3. The zero-order chi connectivity index (χ0) is 11.4. The summed E-state index contributed by atoms with van der Waals surface area (Å²) >= 11 is 0. The molecule has 88 valence electrons. The van der Waals surface area contributed by atoms with Gasteiger partial charge < -0.3 is 9.47 Å². The van der Waals surface area contributed by atoms with Gasteiger partial charge in [0, 0.05) is 24.7 Å². The van der Waals surface area contributed by atoms with Crippen LogP contribution in [0.15, 0.2) is 11.6 Å². The fourth-order valence-corrected chi connectivity index (χ4v) is 2.87. The Morgan fingerprint density at radius 3 is 2.62 bits per heavy atom. The lowest BCUT2D eigenvalue weighted by atomic mass is 9.94. The van der Waals surface area contributed by atoms with Crippen molar-refractivity contribution in [1.29, 1.82) is 0 Å². The van der Waals surface area contributed by atoms with Gasteiger partial charge in [0.15, 0.2) is 11.6 Å². The maximum absolute atomic E-state index is 11.3. The molecule has 0 unspecified atom stereocenters. The Kier molecular flexibility index (Phi) is 2.08. The highest BCUT2D eigenvalue weighted by atomic mass is 16.7. The Labute approximate surface area is 95.8 Å². The maximum atomic E-state index is 11.3. The largest absolute Gasteiger partial charge is 0.349 e. The van der Waals surface area contributed by atoms with Crippen LogP contribution in [0.25, 0.3) is 0 Å². The van der Waals surface area contributed by atoms with Gasteiger partial charge in [0.2, 0.25) is 0 Å². The summed E-state index contributed by atoms with van der Waals surface area (Å²) in [6.45, 7) is 5.80. The minimum atomic E-state index is -0.410. The van der Waals surface area contributed by atoms with Gasteiger partial charge >= 0.3 is 0 Å². The molecule has 1 atom stereocenters. The Hall–Kier alpha value is -0.670. The summed E-state index contributed by atoms with van der Waals surface area (Å²) in [5.74, 6) is 0.243. The smallest absolute Gasteiger partial charge is 0.172 e. The van der Waals surface area contributed by atoms with E-state index < -0.39 is 5.79 Å². The van der Waals surface area contributed by atoms with Crippen LogP contribution in [-0.2, 0) is 14.3 Å². The van der Waals surface area contributed by atoms with E-state index in [0.717, 1.165) is 26.1 Å². The van der Waals surface area contributed by atoms with Crippen molar-refractivity contribution in [2.24, 2.45) is 11.3 Å². The van der Waals surface area contributed by atoms with Gasteiger partial charge in [0.05, 0.1) is 13.2 Å². The first kappa shape index (κ1) is 10.5. The SMILES string of the molecule is CC1(C)COC2(CC3=CC(=O)C[C@H]3C2)OC1. The van der Waals surface area contributed by atoms with E-state index in [1.54, 1.807) is 6.08 Å². The van der Waals surface area contributed by atoms with Crippen molar-refractivity contribution in [1.82, 2.24) is 0 Å². The number of carbonyl (C=O) groups is 1. The molecule has 2 fully saturated rings. The Balaban J connectivity index is 1.75. The van der Waals surface area contributed by atoms with Crippen molar-refractivity contribution < 1.29 is 14.3 Å². The third kappa shape index (κ3) is 1.62. The van der Waals surface area contributed by atoms with Gasteiger partial charge in [0.1, 0.15) is 0 Å². The summed E-state index contributed by atoms with van der Waals surface area (Å²) in [7, 11) is 0. The minimum absolute atomic E-state index is 0.118. The average molecular weight is 222 g/mol. The van der Waals surface area contributed by atoms with Crippen LogP contribution in [0.2, 0.25) is 0 Å². The Bertz CT molecular complexity index is 357. The molecule has 3 nitrogen and oxygen atoms in total. The van der Waals surface area contributed by atoms with E-state index in [2.05, 4.69) is 13.8 Å². The zero-order valence-corrected chi connectivity index (χ0v) is 9.91. The molecule has 1 aliphatic heterocycles. The second-order valence-corrected chi connectivity index (χ2v) is 6.12. The number of rotatable bonds is 0. The molecule has 2 aliphatic carbocycles. The second-order valence-electron chi connectivity index (χ2n) is 6.12. The van der Waals surface area contributed by atoms with Crippen molar-refractivity contribution in [2.45, 2.75) is 38.9 Å². The summed E-state index contributed by atoms with van der Waals surface area (Å²) in [6.07, 6.45) is 4.11. The molecule has 0 N–H and O–H groups in total. The van der Waals surface area contributed by atoms with Gasteiger partial charge in [0.25, 0.3) is 0 Å². The first-order valence-electron chi connectivity index (χ1n) is 5.99. The molecule has 0 amide bonds. The highest BCUT2D eigenvalue weighted by Crippen LogP contribution is 2.49. The van der Waals surface area contributed by atoms with E-state index in [4.69, 9.17) is 9.47 Å². The molecule has 1 spiro atoms. The Morgan fingerprint density at radius 2 is 2.00 bits per heavy atom. The topological polar surface area (TPSA) is 35.5 Å². The highest BCUT2D eigenvalue weighted by molar-refractivity contribution is 5.93. The monoisotopic (exact) mass is 222 g/mol. The lowest BCUT2D eigenvalue weighted by Gasteiger charge is -2.41. The van der Waals surface area contributed by atoms with Gasteiger partial charge in [-0.2, -0.15) is 0 Å². The molecular formula is C13H18O3. The summed E-state index contributed by atoms with van der Waals surface area (Å²) in [6, 6.07) is 0. The van der Waals surface area contributed by atoms with Crippen LogP contribution in [0.5, 0.6) is 0 Å². The number of carbonyl (C=O) groups excluding carboxylic acids is 1. The van der Waals surface area contributed by atoms with Gasteiger partial charge in [-0.3, -0.25) is 4.79 Å². The number of ether oxygens (including phenoxy) is 2. The fraction of sp³-hybridized carbons (Fsp3) is 0.769. The standard InChI is InChI=1S/C13H18O3/c1-12(2)7-15-13(16-8-12)5-9-3-11(14)4-10(9)6-13/h3,10H,4-8H2,1-2H3/t10-/m0/s1. The van der Waals surface area contributed by atoms with Crippen LogP contribution in [0.3, 0.4) is 0 Å². The van der Waals surface area contributed by atoms with Gasteiger partial charge in [-0.25, -0.2) is 0 Å². The first-order chi connectivity index (χ1) is 7.48. The van der Waals surface area contributed by atoms with E-state index in [0.29, 0.717) is 12.3 Å². The number of hydrogen-bond donors (Lipinski definition) is 0. The van der Waals surface area contributed by atoms with Crippen LogP contribution in [-0.4, -0.2) is 24.8 Å². The molecule has 3 rings (SSSR count). The van der Waals surface area contributed by atoms with Crippen LogP contribution in [0, 0.1) is 11.3 Å². The lowest BCUT2D eigenvalue weighted by Crippen LogP contribution is -2.46. The molecule has 3 heteroatoms. The number of fused-ring (bicyclic) bond motifs is 1. The average Bonchev–Trinajstić information content (AvgIpc) is 2.66. The molecule has 1 saturated carbocycles. The number of allylic oxidation sites excluding steroid dienone is 1. The number of hydrogen-bond acceptors (Lipinski definition) is 3. The van der Waals surface area contributed by atoms with E-state index >= 15 is 0 Å². The first-order valence-corrected chi connectivity index (χ1v) is 5.99. The predicted octanol–water partition coefficient (Wildman–Crippen LogP) is 2.06. The van der Waals surface area contributed by atoms with Crippen LogP contribution < -0.4 is 0 Å². The van der Waals surface area contributed by atoms with Crippen molar-refractivity contribution >= 4 is 5.78 Å². The lowest BCUT2D eigenvalue weighted by molar-refractivity contribution is -0.295. The van der Waals surface area contributed by atoms with Crippen LogP contribution in [0.4, 0.5) is 0 Å². The molecule has 0 radical (unpaired) electrons.